The summed E-state index contributed by atoms with van der Waals surface area (Å²) in [6.45, 7) is 2.02. The van der Waals surface area contributed by atoms with Crippen molar-refractivity contribution in [2.75, 3.05) is 26.2 Å². The average molecular weight is 628 g/mol. The van der Waals surface area contributed by atoms with E-state index in [2.05, 4.69) is 35.2 Å². The predicted octanol–water partition coefficient (Wildman–Crippen LogP) is 4.24. The molecule has 1 aromatic heterocycles. The molecule has 1 fully saturated rings. The molecule has 1 aliphatic heterocycles. The minimum atomic E-state index is -0.499. The van der Waals surface area contributed by atoms with Gasteiger partial charge in [-0.05, 0) is 34.9 Å². The fourth-order valence-corrected chi connectivity index (χ4v) is 6.85. The second-order valence-electron chi connectivity index (χ2n) is 10.8. The zero-order valence-corrected chi connectivity index (χ0v) is 25.5. The van der Waals surface area contributed by atoms with Gasteiger partial charge in [-0.1, -0.05) is 91.0 Å². The van der Waals surface area contributed by atoms with Gasteiger partial charge < -0.3 is 4.90 Å². The SMILES string of the molecule is N#CC(C(=O)N1CCN(C(c2ccccc2)c2ccccc2)CC1)=c1sc(=Cc2cccc([N+](=O)[O-])c2)c(=O)n1-c1ccccc1. The second kappa shape index (κ2) is 13.6. The summed E-state index contributed by atoms with van der Waals surface area (Å²) in [4.78, 5) is 42.6. The van der Waals surface area contributed by atoms with Crippen molar-refractivity contribution in [3.8, 4) is 11.8 Å². The third kappa shape index (κ3) is 6.28. The van der Waals surface area contributed by atoms with Gasteiger partial charge in [0.25, 0.3) is 17.2 Å². The fraction of sp³-hybridized carbons (Fsp3) is 0.139. The lowest BCUT2D eigenvalue weighted by Gasteiger charge is -2.39. The van der Waals surface area contributed by atoms with Crippen LogP contribution in [0, 0.1) is 21.4 Å². The topological polar surface area (TPSA) is 112 Å². The molecule has 1 saturated heterocycles. The Hall–Kier alpha value is -5.63. The van der Waals surface area contributed by atoms with Crippen LogP contribution in [0.15, 0.2) is 120 Å². The number of carbonyl (C=O) groups is 1. The maximum atomic E-state index is 14.0. The summed E-state index contributed by atoms with van der Waals surface area (Å²) in [7, 11) is 0. The number of thiazole rings is 1. The van der Waals surface area contributed by atoms with Crippen LogP contribution in [0.5, 0.6) is 0 Å². The molecule has 10 heteroatoms. The number of nitriles is 1. The number of amides is 1. The van der Waals surface area contributed by atoms with Gasteiger partial charge in [-0.3, -0.25) is 29.2 Å². The van der Waals surface area contributed by atoms with Crippen molar-refractivity contribution in [2.45, 2.75) is 6.04 Å². The molecule has 228 valence electrons. The molecular formula is C36H29N5O4S. The third-order valence-corrected chi connectivity index (χ3v) is 9.05. The van der Waals surface area contributed by atoms with Gasteiger partial charge in [0.15, 0.2) is 5.57 Å². The summed E-state index contributed by atoms with van der Waals surface area (Å²) >= 11 is 1.02. The molecule has 0 aliphatic carbocycles. The van der Waals surface area contributed by atoms with E-state index < -0.39 is 16.4 Å². The summed E-state index contributed by atoms with van der Waals surface area (Å²) < 4.78 is 1.84. The Morgan fingerprint density at radius 1 is 0.848 bits per heavy atom. The van der Waals surface area contributed by atoms with Crippen LogP contribution in [0.2, 0.25) is 0 Å². The number of hydrogen-bond acceptors (Lipinski definition) is 7. The molecule has 9 nitrogen and oxygen atoms in total. The summed E-state index contributed by atoms with van der Waals surface area (Å²) in [5.41, 5.74) is 2.65. The summed E-state index contributed by atoms with van der Waals surface area (Å²) in [6, 6.07) is 37.4. The van der Waals surface area contributed by atoms with Gasteiger partial charge in [0, 0.05) is 38.3 Å². The molecule has 4 aromatic carbocycles. The van der Waals surface area contributed by atoms with Crippen molar-refractivity contribution in [1.82, 2.24) is 14.4 Å². The number of non-ortho nitro benzene ring substituents is 1. The molecule has 1 amide bonds. The zero-order valence-electron chi connectivity index (χ0n) is 24.7. The number of nitrogens with zero attached hydrogens (tertiary/aromatic N) is 5. The van der Waals surface area contributed by atoms with Gasteiger partial charge >= 0.3 is 0 Å². The lowest BCUT2D eigenvalue weighted by Crippen LogP contribution is -2.50. The normalized spacial score (nSPS) is 14.6. The number of para-hydroxylation sites is 1. The molecule has 6 rings (SSSR count). The van der Waals surface area contributed by atoms with E-state index in [4.69, 9.17) is 0 Å². The van der Waals surface area contributed by atoms with Crippen molar-refractivity contribution >= 4 is 34.6 Å². The Morgan fingerprint density at radius 3 is 2.00 bits per heavy atom. The standard InChI is InChI=1S/C36H29N5O4S/c37-25-31(34(42)39-21-19-38(20-22-39)33(27-12-4-1-5-13-27)28-14-6-2-7-15-28)36-40(29-16-8-3-9-17-29)35(43)32(46-36)24-26-11-10-18-30(23-26)41(44)45/h1-18,23-24,33H,19-22H2. The Balaban J connectivity index is 1.36. The second-order valence-corrected chi connectivity index (χ2v) is 11.8. The molecule has 0 bridgehead atoms. The molecule has 2 heterocycles. The molecule has 0 saturated carbocycles. The third-order valence-electron chi connectivity index (χ3n) is 7.95. The van der Waals surface area contributed by atoms with Crippen LogP contribution >= 0.6 is 11.3 Å². The highest BCUT2D eigenvalue weighted by Crippen LogP contribution is 2.29. The first-order chi connectivity index (χ1) is 22.4. The van der Waals surface area contributed by atoms with Crippen LogP contribution in [-0.4, -0.2) is 51.4 Å². The fourth-order valence-electron chi connectivity index (χ4n) is 5.75. The van der Waals surface area contributed by atoms with Gasteiger partial charge in [0.1, 0.15) is 10.7 Å². The number of carbonyl (C=O) groups excluding carboxylic acids is 1. The summed E-state index contributed by atoms with van der Waals surface area (Å²) in [5, 5.41) is 21.7. The Labute approximate surface area is 269 Å². The molecule has 0 spiro atoms. The number of nitro groups is 1. The number of aromatic nitrogens is 1. The molecule has 0 atom stereocenters. The molecule has 46 heavy (non-hydrogen) atoms. The Kier molecular flexibility index (Phi) is 8.96. The molecule has 0 unspecified atom stereocenters. The molecular weight excluding hydrogens is 598 g/mol. The lowest BCUT2D eigenvalue weighted by molar-refractivity contribution is -0.384. The smallest absolute Gasteiger partial charge is 0.273 e. The van der Waals surface area contributed by atoms with Crippen LogP contribution in [0.3, 0.4) is 0 Å². The lowest BCUT2D eigenvalue weighted by atomic mass is 9.96. The van der Waals surface area contributed by atoms with Gasteiger partial charge in [-0.2, -0.15) is 5.26 Å². The summed E-state index contributed by atoms with van der Waals surface area (Å²) in [5.74, 6) is -0.439. The first kappa shape index (κ1) is 30.4. The van der Waals surface area contributed by atoms with Crippen LogP contribution < -0.4 is 14.8 Å². The van der Waals surface area contributed by atoms with Gasteiger partial charge in [-0.25, -0.2) is 0 Å². The maximum absolute atomic E-state index is 14.0. The van der Waals surface area contributed by atoms with E-state index in [-0.39, 0.29) is 26.5 Å². The van der Waals surface area contributed by atoms with Crippen molar-refractivity contribution in [1.29, 1.82) is 5.26 Å². The van der Waals surface area contributed by atoms with Crippen molar-refractivity contribution in [2.24, 2.45) is 0 Å². The van der Waals surface area contributed by atoms with E-state index in [9.17, 15) is 25.0 Å². The zero-order chi connectivity index (χ0) is 32.0. The first-order valence-electron chi connectivity index (χ1n) is 14.8. The van der Waals surface area contributed by atoms with E-state index in [1.165, 1.54) is 16.7 Å². The van der Waals surface area contributed by atoms with E-state index >= 15 is 0 Å². The number of rotatable bonds is 7. The number of piperazine rings is 1. The minimum absolute atomic E-state index is 0.0199. The van der Waals surface area contributed by atoms with Crippen molar-refractivity contribution in [3.63, 3.8) is 0 Å². The first-order valence-corrected chi connectivity index (χ1v) is 15.6. The van der Waals surface area contributed by atoms with E-state index in [0.29, 0.717) is 37.4 Å². The van der Waals surface area contributed by atoms with Crippen LogP contribution in [-0.2, 0) is 4.79 Å². The van der Waals surface area contributed by atoms with Crippen molar-refractivity contribution < 1.29 is 9.72 Å². The number of benzene rings is 4. The highest BCUT2D eigenvalue weighted by molar-refractivity contribution is 7.07. The Bertz CT molecular complexity index is 2060. The quantitative estimate of drug-likeness (QED) is 0.197. The van der Waals surface area contributed by atoms with Crippen LogP contribution in [0.25, 0.3) is 17.3 Å². The van der Waals surface area contributed by atoms with Gasteiger partial charge in [-0.15, -0.1) is 11.3 Å². The van der Waals surface area contributed by atoms with Crippen LogP contribution in [0.4, 0.5) is 5.69 Å². The molecule has 5 aromatic rings. The average Bonchev–Trinajstić information content (AvgIpc) is 3.41. The van der Waals surface area contributed by atoms with Crippen LogP contribution in [0.1, 0.15) is 22.7 Å². The Morgan fingerprint density at radius 2 is 1.43 bits per heavy atom. The predicted molar refractivity (Wildman–Crippen MR) is 178 cm³/mol. The van der Waals surface area contributed by atoms with E-state index in [0.717, 1.165) is 22.5 Å². The maximum Gasteiger partial charge on any atom is 0.273 e. The minimum Gasteiger partial charge on any atom is -0.335 e. The van der Waals surface area contributed by atoms with E-state index in [1.54, 1.807) is 47.4 Å². The highest BCUT2D eigenvalue weighted by atomic mass is 32.1. The molecule has 1 aliphatic rings. The molecule has 0 radical (unpaired) electrons. The number of nitro benzene ring substituents is 1. The van der Waals surface area contributed by atoms with Crippen molar-refractivity contribution in [3.05, 3.63) is 162 Å². The number of hydrogen-bond donors (Lipinski definition) is 0. The monoisotopic (exact) mass is 627 g/mol. The van der Waals surface area contributed by atoms with Gasteiger partial charge in [0.2, 0.25) is 0 Å². The highest BCUT2D eigenvalue weighted by Gasteiger charge is 2.30. The largest absolute Gasteiger partial charge is 0.335 e. The molecule has 0 N–H and O–H groups in total. The van der Waals surface area contributed by atoms with Gasteiger partial charge in [0.05, 0.1) is 21.2 Å². The van der Waals surface area contributed by atoms with E-state index in [1.807, 2.05) is 42.5 Å². The summed E-state index contributed by atoms with van der Waals surface area (Å²) in [6.07, 6.45) is 1.55.